The van der Waals surface area contributed by atoms with E-state index >= 15 is 0 Å². The van der Waals surface area contributed by atoms with Crippen LogP contribution in [-0.2, 0) is 6.32 Å². The number of halogens is 2. The molecule has 0 aliphatic rings. The molecule has 0 aromatic carbocycles. The van der Waals surface area contributed by atoms with E-state index < -0.39 is 0 Å². The Balaban J connectivity index is 3.23. The molecule has 0 saturated heterocycles. The van der Waals surface area contributed by atoms with Gasteiger partial charge in [-0.1, -0.05) is 11.6 Å². The predicted octanol–water partition coefficient (Wildman–Crippen LogP) is 2.44. The predicted molar refractivity (Wildman–Crippen MR) is 52.1 cm³/mol. The first kappa shape index (κ1) is 9.94. The summed E-state index contributed by atoms with van der Waals surface area (Å²) in [4.78, 5) is 3.92. The Labute approximate surface area is 83.3 Å². The zero-order valence-corrected chi connectivity index (χ0v) is 8.52. The Kier molecular flexibility index (Phi) is 3.07. The van der Waals surface area contributed by atoms with Crippen molar-refractivity contribution in [1.29, 1.82) is 0 Å². The van der Waals surface area contributed by atoms with Crippen LogP contribution in [0, 0.1) is 0 Å². The molecule has 0 N–H and O–H groups in total. The van der Waals surface area contributed by atoms with Gasteiger partial charge in [0.05, 0.1) is 7.85 Å². The zero-order valence-electron chi connectivity index (χ0n) is 7.01. The second kappa shape index (κ2) is 3.71. The lowest BCUT2D eigenvalue weighted by Crippen LogP contribution is -2.05. The molecule has 0 unspecified atom stereocenters. The SMILES string of the molecule is [B]Cc1c(Cl)nc(Cl)n1C(C)C. The summed E-state index contributed by atoms with van der Waals surface area (Å²) in [7, 11) is 5.50. The average Bonchev–Trinajstić information content (AvgIpc) is 2.24. The fourth-order valence-corrected chi connectivity index (χ4v) is 1.79. The van der Waals surface area contributed by atoms with Crippen molar-refractivity contribution in [3.05, 3.63) is 16.1 Å². The van der Waals surface area contributed by atoms with Gasteiger partial charge < -0.3 is 4.57 Å². The number of hydrogen-bond acceptors (Lipinski definition) is 1. The first-order valence-corrected chi connectivity index (χ1v) is 4.45. The molecule has 1 heterocycles. The van der Waals surface area contributed by atoms with Gasteiger partial charge in [-0.3, -0.25) is 0 Å². The third kappa shape index (κ3) is 1.62. The summed E-state index contributed by atoms with van der Waals surface area (Å²) < 4.78 is 1.82. The van der Waals surface area contributed by atoms with Crippen LogP contribution in [0.5, 0.6) is 0 Å². The Morgan fingerprint density at radius 1 is 1.50 bits per heavy atom. The molecule has 1 aromatic rings. The highest BCUT2D eigenvalue weighted by Crippen LogP contribution is 2.24. The molecule has 0 spiro atoms. The van der Waals surface area contributed by atoms with Gasteiger partial charge in [-0.15, -0.1) is 0 Å². The lowest BCUT2D eigenvalue weighted by molar-refractivity contribution is 0.584. The number of aromatic nitrogens is 2. The van der Waals surface area contributed by atoms with Crippen LogP contribution in [-0.4, -0.2) is 17.4 Å². The van der Waals surface area contributed by atoms with Crippen molar-refractivity contribution in [1.82, 2.24) is 9.55 Å². The number of imidazole rings is 1. The summed E-state index contributed by atoms with van der Waals surface area (Å²) in [6, 6.07) is 0.232. The zero-order chi connectivity index (χ0) is 9.30. The third-order valence-corrected chi connectivity index (χ3v) is 2.20. The van der Waals surface area contributed by atoms with Gasteiger partial charge >= 0.3 is 0 Å². The smallest absolute Gasteiger partial charge is 0.204 e. The molecule has 2 radical (unpaired) electrons. The van der Waals surface area contributed by atoms with Crippen LogP contribution in [0.4, 0.5) is 0 Å². The van der Waals surface area contributed by atoms with E-state index in [-0.39, 0.29) is 6.04 Å². The molecule has 2 nitrogen and oxygen atoms in total. The van der Waals surface area contributed by atoms with E-state index in [9.17, 15) is 0 Å². The van der Waals surface area contributed by atoms with Crippen LogP contribution in [0.15, 0.2) is 0 Å². The Morgan fingerprint density at radius 2 is 2.08 bits per heavy atom. The van der Waals surface area contributed by atoms with E-state index in [0.29, 0.717) is 16.8 Å². The second-order valence-electron chi connectivity index (χ2n) is 2.79. The fourth-order valence-electron chi connectivity index (χ4n) is 1.12. The molecule has 1 aromatic heterocycles. The minimum absolute atomic E-state index is 0.232. The molecule has 0 saturated carbocycles. The lowest BCUT2D eigenvalue weighted by atomic mass is 10.0. The lowest BCUT2D eigenvalue weighted by Gasteiger charge is -2.11. The van der Waals surface area contributed by atoms with Crippen molar-refractivity contribution in [3.8, 4) is 0 Å². The van der Waals surface area contributed by atoms with E-state index in [2.05, 4.69) is 4.98 Å². The van der Waals surface area contributed by atoms with Gasteiger partial charge in [0.1, 0.15) is 0 Å². The van der Waals surface area contributed by atoms with Gasteiger partial charge in [-0.2, -0.15) is 0 Å². The van der Waals surface area contributed by atoms with Gasteiger partial charge in [0.2, 0.25) is 5.28 Å². The largest absolute Gasteiger partial charge is 0.316 e. The van der Waals surface area contributed by atoms with E-state index in [1.165, 1.54) is 0 Å². The molecule has 0 aliphatic carbocycles. The Hall–Kier alpha value is -0.145. The molecule has 0 aliphatic heterocycles. The molecule has 0 amide bonds. The second-order valence-corrected chi connectivity index (χ2v) is 3.48. The monoisotopic (exact) mass is 202 g/mol. The summed E-state index contributed by atoms with van der Waals surface area (Å²) >= 11 is 11.6. The van der Waals surface area contributed by atoms with Gasteiger partial charge in [-0.25, -0.2) is 4.98 Å². The Morgan fingerprint density at radius 3 is 2.42 bits per heavy atom. The van der Waals surface area contributed by atoms with Crippen LogP contribution in [0.2, 0.25) is 10.4 Å². The maximum absolute atomic E-state index is 5.84. The minimum Gasteiger partial charge on any atom is -0.316 e. The first-order valence-electron chi connectivity index (χ1n) is 3.70. The quantitative estimate of drug-likeness (QED) is 0.674. The van der Waals surface area contributed by atoms with Crippen LogP contribution < -0.4 is 0 Å². The van der Waals surface area contributed by atoms with Gasteiger partial charge in [0.15, 0.2) is 5.15 Å². The number of hydrogen-bond donors (Lipinski definition) is 0. The fraction of sp³-hybridized carbons (Fsp3) is 0.571. The van der Waals surface area contributed by atoms with E-state index in [1.807, 2.05) is 18.4 Å². The van der Waals surface area contributed by atoms with Crippen LogP contribution in [0.3, 0.4) is 0 Å². The van der Waals surface area contributed by atoms with Crippen LogP contribution in [0.1, 0.15) is 25.6 Å². The minimum atomic E-state index is 0.232. The van der Waals surface area contributed by atoms with E-state index in [0.717, 1.165) is 5.69 Å². The number of nitrogens with zero attached hydrogens (tertiary/aromatic N) is 2. The van der Waals surface area contributed by atoms with E-state index in [1.54, 1.807) is 0 Å². The molecule has 0 atom stereocenters. The van der Waals surface area contributed by atoms with Crippen molar-refractivity contribution in [2.24, 2.45) is 0 Å². The first-order chi connectivity index (χ1) is 5.57. The van der Waals surface area contributed by atoms with Crippen molar-refractivity contribution in [3.63, 3.8) is 0 Å². The molecule has 5 heteroatoms. The molecule has 0 fully saturated rings. The van der Waals surface area contributed by atoms with Crippen LogP contribution >= 0.6 is 23.2 Å². The summed E-state index contributed by atoms with van der Waals surface area (Å²) in [5.41, 5.74) is 0.789. The maximum Gasteiger partial charge on any atom is 0.204 e. The van der Waals surface area contributed by atoms with Gasteiger partial charge in [0.25, 0.3) is 0 Å². The molecular weight excluding hydrogens is 194 g/mol. The highest BCUT2D eigenvalue weighted by Gasteiger charge is 2.14. The standard InChI is InChI=1S/C7H9BCl2N2/c1-4(2)12-5(3-8)6(9)11-7(12)10/h4H,3H2,1-2H3. The maximum atomic E-state index is 5.84. The summed E-state index contributed by atoms with van der Waals surface area (Å²) in [6.07, 6.45) is 0.358. The molecule has 64 valence electrons. The van der Waals surface area contributed by atoms with Crippen LogP contribution in [0.25, 0.3) is 0 Å². The third-order valence-electron chi connectivity index (χ3n) is 1.63. The molecule has 12 heavy (non-hydrogen) atoms. The highest BCUT2D eigenvalue weighted by molar-refractivity contribution is 6.33. The normalized spacial score (nSPS) is 11.1. The molecule has 0 bridgehead atoms. The molecular formula is C7H9BCl2N2. The van der Waals surface area contributed by atoms with Crippen molar-refractivity contribution >= 4 is 31.0 Å². The highest BCUT2D eigenvalue weighted by atomic mass is 35.5. The van der Waals surface area contributed by atoms with Gasteiger partial charge in [0, 0.05) is 11.7 Å². The summed E-state index contributed by atoms with van der Waals surface area (Å²) in [5.74, 6) is 0. The van der Waals surface area contributed by atoms with Crippen molar-refractivity contribution in [2.45, 2.75) is 26.2 Å². The van der Waals surface area contributed by atoms with Gasteiger partial charge in [-0.05, 0) is 31.8 Å². The van der Waals surface area contributed by atoms with Crippen molar-refractivity contribution in [2.75, 3.05) is 0 Å². The van der Waals surface area contributed by atoms with Crippen molar-refractivity contribution < 1.29 is 0 Å². The summed E-state index contributed by atoms with van der Waals surface area (Å²) in [5, 5.41) is 0.798. The number of rotatable bonds is 2. The average molecular weight is 203 g/mol. The Bertz CT molecular complexity index is 283. The van der Waals surface area contributed by atoms with E-state index in [4.69, 9.17) is 31.0 Å². The topological polar surface area (TPSA) is 17.8 Å². The summed E-state index contributed by atoms with van der Waals surface area (Å²) in [6.45, 7) is 4.01. The molecule has 1 rings (SSSR count).